The van der Waals surface area contributed by atoms with E-state index in [9.17, 15) is 26.4 Å². The summed E-state index contributed by atoms with van der Waals surface area (Å²) in [6.07, 6.45) is -2.79. The highest BCUT2D eigenvalue weighted by Gasteiger charge is 2.31. The normalized spacial score (nSPS) is 11.8. The third kappa shape index (κ3) is 5.68. The molecular weight excluding hydrogens is 473 g/mol. The minimum absolute atomic E-state index is 0.0484. The van der Waals surface area contributed by atoms with E-state index in [0.29, 0.717) is 23.4 Å². The molecule has 2 aromatic carbocycles. The van der Waals surface area contributed by atoms with E-state index in [1.54, 1.807) is 32.0 Å². The number of amides is 1. The number of sulfonamides is 1. The number of alkyl halides is 3. The number of halogens is 3. The Balaban J connectivity index is 1.89. The van der Waals surface area contributed by atoms with Gasteiger partial charge in [-0.15, -0.1) is 0 Å². The standard InChI is InChI=1S/C22H23F3N4O4S/c1-4-11-34(31,32)28-18-10-6-9-17(14(18)2)26-21(30)20-19(33-3)13-29(27-20)16-8-5-7-15(12-16)22(23,24)25/h5-10,12-13,28H,4,11H2,1-3H3,(H,26,30). The lowest BCUT2D eigenvalue weighted by Gasteiger charge is -2.14. The predicted octanol–water partition coefficient (Wildman–Crippen LogP) is 4.61. The van der Waals surface area contributed by atoms with E-state index in [-0.39, 0.29) is 22.9 Å². The molecule has 0 aliphatic carbocycles. The molecule has 0 unspecified atom stereocenters. The van der Waals surface area contributed by atoms with Gasteiger partial charge >= 0.3 is 6.18 Å². The quantitative estimate of drug-likeness (QED) is 0.474. The summed E-state index contributed by atoms with van der Waals surface area (Å²) < 4.78 is 72.2. The zero-order valence-electron chi connectivity index (χ0n) is 18.6. The zero-order chi connectivity index (χ0) is 25.1. The smallest absolute Gasteiger partial charge is 0.416 e. The molecule has 8 nitrogen and oxygen atoms in total. The van der Waals surface area contributed by atoms with E-state index >= 15 is 0 Å². The predicted molar refractivity (Wildman–Crippen MR) is 122 cm³/mol. The average molecular weight is 497 g/mol. The van der Waals surface area contributed by atoms with Crippen molar-refractivity contribution in [3.63, 3.8) is 0 Å². The van der Waals surface area contributed by atoms with Gasteiger partial charge in [-0.05, 0) is 49.2 Å². The summed E-state index contributed by atoms with van der Waals surface area (Å²) in [5.74, 6) is -0.681. The van der Waals surface area contributed by atoms with Gasteiger partial charge < -0.3 is 10.1 Å². The molecule has 3 rings (SSSR count). The maximum atomic E-state index is 13.1. The van der Waals surface area contributed by atoms with Gasteiger partial charge in [0.15, 0.2) is 11.4 Å². The van der Waals surface area contributed by atoms with Crippen LogP contribution in [0.15, 0.2) is 48.7 Å². The van der Waals surface area contributed by atoms with E-state index in [1.807, 2.05) is 0 Å². The second kappa shape index (κ2) is 9.75. The molecule has 1 aromatic heterocycles. The van der Waals surface area contributed by atoms with Crippen molar-refractivity contribution in [3.8, 4) is 11.4 Å². The molecule has 34 heavy (non-hydrogen) atoms. The lowest BCUT2D eigenvalue weighted by Crippen LogP contribution is -2.18. The van der Waals surface area contributed by atoms with Crippen LogP contribution in [0.3, 0.4) is 0 Å². The van der Waals surface area contributed by atoms with Crippen LogP contribution in [0, 0.1) is 6.92 Å². The van der Waals surface area contributed by atoms with Gasteiger partial charge in [-0.2, -0.15) is 18.3 Å². The number of aromatic nitrogens is 2. The van der Waals surface area contributed by atoms with Gasteiger partial charge in [-0.3, -0.25) is 9.52 Å². The van der Waals surface area contributed by atoms with E-state index in [0.717, 1.165) is 16.8 Å². The van der Waals surface area contributed by atoms with Crippen molar-refractivity contribution in [1.82, 2.24) is 9.78 Å². The average Bonchev–Trinajstić information content (AvgIpc) is 3.20. The van der Waals surface area contributed by atoms with Crippen LogP contribution in [0.5, 0.6) is 5.75 Å². The van der Waals surface area contributed by atoms with E-state index in [2.05, 4.69) is 15.1 Å². The van der Waals surface area contributed by atoms with Gasteiger partial charge in [0.25, 0.3) is 5.91 Å². The van der Waals surface area contributed by atoms with Crippen LogP contribution in [-0.4, -0.2) is 37.0 Å². The zero-order valence-corrected chi connectivity index (χ0v) is 19.4. The van der Waals surface area contributed by atoms with E-state index in [1.165, 1.54) is 25.4 Å². The first-order chi connectivity index (χ1) is 15.9. The highest BCUT2D eigenvalue weighted by atomic mass is 32.2. The molecule has 1 heterocycles. The van der Waals surface area contributed by atoms with Gasteiger partial charge in [0.05, 0.1) is 36.0 Å². The second-order valence-electron chi connectivity index (χ2n) is 7.39. The summed E-state index contributed by atoms with van der Waals surface area (Å²) in [4.78, 5) is 12.9. The first kappa shape index (κ1) is 25.1. The number of carbonyl (C=O) groups excluding carboxylic acids is 1. The van der Waals surface area contributed by atoms with Gasteiger partial charge in [0, 0.05) is 5.69 Å². The number of nitrogens with one attached hydrogen (secondary N) is 2. The Bertz CT molecular complexity index is 1300. The maximum absolute atomic E-state index is 13.1. The van der Waals surface area contributed by atoms with Crippen LogP contribution >= 0.6 is 0 Å². The molecule has 0 bridgehead atoms. The number of ether oxygens (including phenoxy) is 1. The van der Waals surface area contributed by atoms with Crippen molar-refractivity contribution >= 4 is 27.3 Å². The summed E-state index contributed by atoms with van der Waals surface area (Å²) in [7, 11) is -2.23. The summed E-state index contributed by atoms with van der Waals surface area (Å²) in [6, 6.07) is 9.22. The number of nitrogens with zero attached hydrogens (tertiary/aromatic N) is 2. The van der Waals surface area contributed by atoms with Crippen molar-refractivity contribution in [2.24, 2.45) is 0 Å². The number of benzene rings is 2. The summed E-state index contributed by atoms with van der Waals surface area (Å²) in [5, 5.41) is 6.76. The maximum Gasteiger partial charge on any atom is 0.416 e. The molecule has 0 spiro atoms. The number of rotatable bonds is 8. The van der Waals surface area contributed by atoms with Gasteiger partial charge in [-0.1, -0.05) is 19.1 Å². The Morgan fingerprint density at radius 2 is 1.82 bits per heavy atom. The number of hydrogen-bond donors (Lipinski definition) is 2. The van der Waals surface area contributed by atoms with Crippen LogP contribution in [-0.2, 0) is 16.2 Å². The fourth-order valence-corrected chi connectivity index (χ4v) is 4.37. The third-order valence-electron chi connectivity index (χ3n) is 4.87. The van der Waals surface area contributed by atoms with Crippen molar-refractivity contribution in [1.29, 1.82) is 0 Å². The lowest BCUT2D eigenvalue weighted by atomic mass is 10.1. The highest BCUT2D eigenvalue weighted by molar-refractivity contribution is 7.92. The Hall–Kier alpha value is -3.54. The van der Waals surface area contributed by atoms with Crippen molar-refractivity contribution < 1.29 is 31.1 Å². The summed E-state index contributed by atoms with van der Waals surface area (Å²) >= 11 is 0. The van der Waals surface area contributed by atoms with Gasteiger partial charge in [0.2, 0.25) is 10.0 Å². The third-order valence-corrected chi connectivity index (χ3v) is 6.35. The molecule has 182 valence electrons. The molecule has 0 radical (unpaired) electrons. The lowest BCUT2D eigenvalue weighted by molar-refractivity contribution is -0.137. The topological polar surface area (TPSA) is 102 Å². The first-order valence-corrected chi connectivity index (χ1v) is 11.8. The van der Waals surface area contributed by atoms with Gasteiger partial charge in [-0.25, -0.2) is 13.1 Å². The minimum Gasteiger partial charge on any atom is -0.493 e. The van der Waals surface area contributed by atoms with Crippen molar-refractivity contribution in [2.75, 3.05) is 22.9 Å². The minimum atomic E-state index is -4.53. The Labute approximate surface area is 194 Å². The molecule has 0 aliphatic rings. The first-order valence-electron chi connectivity index (χ1n) is 10.2. The number of carbonyl (C=O) groups is 1. The van der Waals surface area contributed by atoms with Crippen LogP contribution in [0.2, 0.25) is 0 Å². The molecule has 12 heteroatoms. The monoisotopic (exact) mass is 496 g/mol. The van der Waals surface area contributed by atoms with Crippen molar-refractivity contribution in [3.05, 3.63) is 65.5 Å². The van der Waals surface area contributed by atoms with Crippen LogP contribution in [0.1, 0.15) is 35.0 Å². The van der Waals surface area contributed by atoms with Crippen LogP contribution < -0.4 is 14.8 Å². The fraction of sp³-hybridized carbons (Fsp3) is 0.273. The SMILES string of the molecule is CCCS(=O)(=O)Nc1cccc(NC(=O)c2nn(-c3cccc(C(F)(F)F)c3)cc2OC)c1C. The molecule has 0 atom stereocenters. The summed E-state index contributed by atoms with van der Waals surface area (Å²) in [5.41, 5.74) is 0.201. The molecule has 0 saturated heterocycles. The molecule has 3 aromatic rings. The highest BCUT2D eigenvalue weighted by Crippen LogP contribution is 2.31. The van der Waals surface area contributed by atoms with Crippen LogP contribution in [0.4, 0.5) is 24.5 Å². The molecule has 0 aliphatic heterocycles. The van der Waals surface area contributed by atoms with Crippen molar-refractivity contribution in [2.45, 2.75) is 26.4 Å². The van der Waals surface area contributed by atoms with E-state index in [4.69, 9.17) is 4.74 Å². The molecular formula is C22H23F3N4O4S. The van der Waals surface area contributed by atoms with E-state index < -0.39 is 27.7 Å². The second-order valence-corrected chi connectivity index (χ2v) is 9.23. The molecule has 0 saturated carbocycles. The number of hydrogen-bond acceptors (Lipinski definition) is 5. The molecule has 1 amide bonds. The Kier molecular flexibility index (Phi) is 7.20. The largest absolute Gasteiger partial charge is 0.493 e. The number of anilines is 2. The number of methoxy groups -OCH3 is 1. The molecule has 0 fully saturated rings. The van der Waals surface area contributed by atoms with Gasteiger partial charge in [0.1, 0.15) is 0 Å². The summed E-state index contributed by atoms with van der Waals surface area (Å²) in [6.45, 7) is 3.38. The van der Waals surface area contributed by atoms with Crippen LogP contribution in [0.25, 0.3) is 5.69 Å². The fourth-order valence-electron chi connectivity index (χ4n) is 3.17. The molecule has 2 N–H and O–H groups in total. The Morgan fingerprint density at radius 3 is 2.47 bits per heavy atom. The Morgan fingerprint density at radius 1 is 1.15 bits per heavy atom.